The lowest BCUT2D eigenvalue weighted by Gasteiger charge is -2.10. The molecule has 0 bridgehead atoms. The quantitative estimate of drug-likeness (QED) is 0.450. The van der Waals surface area contributed by atoms with E-state index in [0.29, 0.717) is 13.2 Å². The molecule has 0 aliphatic heterocycles. The Morgan fingerprint density at radius 2 is 2.18 bits per heavy atom. The number of ether oxygens (including phenoxy) is 2. The van der Waals surface area contributed by atoms with Crippen LogP contribution in [0.1, 0.15) is 27.2 Å². The van der Waals surface area contributed by atoms with Crippen molar-refractivity contribution in [3.05, 3.63) is 0 Å². The van der Waals surface area contributed by atoms with Gasteiger partial charge in [-0.05, 0) is 13.8 Å². The minimum Gasteiger partial charge on any atom is -0.463 e. The first-order valence-corrected chi connectivity index (χ1v) is 3.91. The Labute approximate surface area is 67.7 Å². The van der Waals surface area contributed by atoms with Crippen LogP contribution in [0.3, 0.4) is 0 Å². The number of hydrogen-bond acceptors (Lipinski definition) is 3. The van der Waals surface area contributed by atoms with E-state index in [1.807, 2.05) is 13.8 Å². The lowest BCUT2D eigenvalue weighted by Crippen LogP contribution is -2.14. The van der Waals surface area contributed by atoms with Crippen molar-refractivity contribution in [2.75, 3.05) is 13.2 Å². The maximum Gasteiger partial charge on any atom is 0.302 e. The van der Waals surface area contributed by atoms with Gasteiger partial charge in [0.2, 0.25) is 0 Å². The number of esters is 1. The Kier molecular flexibility index (Phi) is 5.84. The molecule has 0 saturated carbocycles. The second-order valence-corrected chi connectivity index (χ2v) is 2.41. The van der Waals surface area contributed by atoms with Gasteiger partial charge in [-0.2, -0.15) is 0 Å². The molecular weight excluding hydrogens is 144 g/mol. The number of rotatable bonds is 5. The van der Waals surface area contributed by atoms with Crippen molar-refractivity contribution in [3.63, 3.8) is 0 Å². The molecule has 0 saturated heterocycles. The van der Waals surface area contributed by atoms with Gasteiger partial charge >= 0.3 is 5.97 Å². The van der Waals surface area contributed by atoms with E-state index >= 15 is 0 Å². The van der Waals surface area contributed by atoms with E-state index in [-0.39, 0.29) is 12.1 Å². The fraction of sp³-hybridized carbons (Fsp3) is 0.875. The first-order valence-electron chi connectivity index (χ1n) is 3.91. The molecule has 1 unspecified atom stereocenters. The summed E-state index contributed by atoms with van der Waals surface area (Å²) in [6.07, 6.45) is 0.743. The molecule has 3 nitrogen and oxygen atoms in total. The minimum atomic E-state index is -0.228. The highest BCUT2D eigenvalue weighted by Gasteiger charge is 2.03. The molecule has 66 valence electrons. The van der Waals surface area contributed by atoms with Gasteiger partial charge in [0.05, 0.1) is 6.61 Å². The monoisotopic (exact) mass is 160 g/mol. The zero-order chi connectivity index (χ0) is 8.69. The SMILES string of the molecule is CCOCCC(C)OC(C)=O. The van der Waals surface area contributed by atoms with E-state index in [9.17, 15) is 4.79 Å². The summed E-state index contributed by atoms with van der Waals surface area (Å²) in [7, 11) is 0. The van der Waals surface area contributed by atoms with Crippen LogP contribution in [0.25, 0.3) is 0 Å². The highest BCUT2D eigenvalue weighted by molar-refractivity contribution is 5.66. The molecule has 0 heterocycles. The number of carbonyl (C=O) groups excluding carboxylic acids is 1. The van der Waals surface area contributed by atoms with E-state index in [1.165, 1.54) is 6.92 Å². The first-order chi connectivity index (χ1) is 5.16. The van der Waals surface area contributed by atoms with Gasteiger partial charge in [0.1, 0.15) is 6.10 Å². The standard InChI is InChI=1S/C8H16O3/c1-4-10-6-5-7(2)11-8(3)9/h7H,4-6H2,1-3H3. The molecule has 3 heteroatoms. The molecule has 0 spiro atoms. The predicted molar refractivity (Wildman–Crippen MR) is 42.3 cm³/mol. The van der Waals surface area contributed by atoms with Gasteiger partial charge in [0.25, 0.3) is 0 Å². The van der Waals surface area contributed by atoms with Crippen LogP contribution in [0.4, 0.5) is 0 Å². The van der Waals surface area contributed by atoms with E-state index in [1.54, 1.807) is 0 Å². The fourth-order valence-corrected chi connectivity index (χ4v) is 0.736. The molecule has 0 N–H and O–H groups in total. The molecule has 0 rings (SSSR count). The third-order valence-electron chi connectivity index (χ3n) is 1.24. The van der Waals surface area contributed by atoms with Crippen LogP contribution in [-0.4, -0.2) is 25.3 Å². The molecule has 0 aromatic rings. The topological polar surface area (TPSA) is 35.5 Å². The zero-order valence-electron chi connectivity index (χ0n) is 7.42. The normalized spacial score (nSPS) is 12.6. The average Bonchev–Trinajstić information content (AvgIpc) is 1.86. The lowest BCUT2D eigenvalue weighted by molar-refractivity contribution is -0.146. The van der Waals surface area contributed by atoms with Crippen molar-refractivity contribution in [2.45, 2.75) is 33.3 Å². The highest BCUT2D eigenvalue weighted by Crippen LogP contribution is 1.97. The summed E-state index contributed by atoms with van der Waals surface area (Å²) >= 11 is 0. The van der Waals surface area contributed by atoms with Crippen LogP contribution in [-0.2, 0) is 14.3 Å². The summed E-state index contributed by atoms with van der Waals surface area (Å²) < 4.78 is 9.97. The van der Waals surface area contributed by atoms with Crippen molar-refractivity contribution >= 4 is 5.97 Å². The zero-order valence-corrected chi connectivity index (χ0v) is 7.42. The smallest absolute Gasteiger partial charge is 0.302 e. The molecular formula is C8H16O3. The van der Waals surface area contributed by atoms with Crippen molar-refractivity contribution in [1.29, 1.82) is 0 Å². The Bertz CT molecular complexity index is 112. The molecule has 0 fully saturated rings. The van der Waals surface area contributed by atoms with Crippen LogP contribution >= 0.6 is 0 Å². The summed E-state index contributed by atoms with van der Waals surface area (Å²) in [5.41, 5.74) is 0. The van der Waals surface area contributed by atoms with Crippen LogP contribution in [0.15, 0.2) is 0 Å². The molecule has 0 amide bonds. The van der Waals surface area contributed by atoms with Crippen LogP contribution in [0.5, 0.6) is 0 Å². The lowest BCUT2D eigenvalue weighted by atomic mass is 10.3. The summed E-state index contributed by atoms with van der Waals surface area (Å²) in [4.78, 5) is 10.4. The minimum absolute atomic E-state index is 0.0287. The van der Waals surface area contributed by atoms with E-state index in [4.69, 9.17) is 9.47 Å². The van der Waals surface area contributed by atoms with Crippen molar-refractivity contribution < 1.29 is 14.3 Å². The van der Waals surface area contributed by atoms with E-state index in [0.717, 1.165) is 6.42 Å². The van der Waals surface area contributed by atoms with Crippen molar-refractivity contribution in [1.82, 2.24) is 0 Å². The largest absolute Gasteiger partial charge is 0.463 e. The van der Waals surface area contributed by atoms with Crippen LogP contribution < -0.4 is 0 Å². The Morgan fingerprint density at radius 1 is 1.55 bits per heavy atom. The third kappa shape index (κ3) is 7.33. The second kappa shape index (κ2) is 6.16. The van der Waals surface area contributed by atoms with Crippen LogP contribution in [0, 0.1) is 0 Å². The van der Waals surface area contributed by atoms with Gasteiger partial charge in [0, 0.05) is 20.0 Å². The molecule has 1 atom stereocenters. The fourth-order valence-electron chi connectivity index (χ4n) is 0.736. The van der Waals surface area contributed by atoms with Crippen molar-refractivity contribution in [2.24, 2.45) is 0 Å². The number of carbonyl (C=O) groups is 1. The van der Waals surface area contributed by atoms with Gasteiger partial charge in [-0.15, -0.1) is 0 Å². The van der Waals surface area contributed by atoms with Crippen LogP contribution in [0.2, 0.25) is 0 Å². The second-order valence-electron chi connectivity index (χ2n) is 2.41. The first kappa shape index (κ1) is 10.4. The van der Waals surface area contributed by atoms with E-state index < -0.39 is 0 Å². The highest BCUT2D eigenvalue weighted by atomic mass is 16.5. The Morgan fingerprint density at radius 3 is 2.64 bits per heavy atom. The predicted octanol–water partition coefficient (Wildman–Crippen LogP) is 1.36. The third-order valence-corrected chi connectivity index (χ3v) is 1.24. The summed E-state index contributed by atoms with van der Waals surface area (Å²) in [6.45, 7) is 6.59. The van der Waals surface area contributed by atoms with Gasteiger partial charge in [-0.1, -0.05) is 0 Å². The number of hydrogen-bond donors (Lipinski definition) is 0. The maximum atomic E-state index is 10.4. The summed E-state index contributed by atoms with van der Waals surface area (Å²) in [5, 5.41) is 0. The van der Waals surface area contributed by atoms with Gasteiger partial charge < -0.3 is 9.47 Å². The van der Waals surface area contributed by atoms with Gasteiger partial charge in [0.15, 0.2) is 0 Å². The molecule has 0 aliphatic carbocycles. The average molecular weight is 160 g/mol. The molecule has 11 heavy (non-hydrogen) atoms. The summed E-state index contributed by atoms with van der Waals surface area (Å²) in [5.74, 6) is -0.228. The molecule has 0 aromatic heterocycles. The maximum absolute atomic E-state index is 10.4. The molecule has 0 aromatic carbocycles. The van der Waals surface area contributed by atoms with E-state index in [2.05, 4.69) is 0 Å². The Hall–Kier alpha value is -0.570. The van der Waals surface area contributed by atoms with Gasteiger partial charge in [-0.3, -0.25) is 4.79 Å². The summed E-state index contributed by atoms with van der Waals surface area (Å²) in [6, 6.07) is 0. The van der Waals surface area contributed by atoms with Gasteiger partial charge in [-0.25, -0.2) is 0 Å². The Balaban J connectivity index is 3.22. The van der Waals surface area contributed by atoms with Crippen molar-refractivity contribution in [3.8, 4) is 0 Å². The molecule has 0 aliphatic rings. The molecule has 0 radical (unpaired) electrons.